The Labute approximate surface area is 102 Å². The van der Waals surface area contributed by atoms with Gasteiger partial charge in [-0.1, -0.05) is 19.1 Å². The maximum absolute atomic E-state index is 11.9. The summed E-state index contributed by atoms with van der Waals surface area (Å²) in [5.41, 5.74) is 0. The molecule has 0 aromatic carbocycles. The third-order valence-electron chi connectivity index (χ3n) is 3.90. The van der Waals surface area contributed by atoms with E-state index in [0.717, 1.165) is 19.3 Å². The molecule has 0 spiro atoms. The Morgan fingerprint density at radius 3 is 2.75 bits per heavy atom. The first-order chi connectivity index (χ1) is 7.74. The Hall–Kier alpha value is -0.500. The Bertz CT molecular complexity index is 288. The molecular weight excluding hydrogens is 224 g/mol. The highest BCUT2D eigenvalue weighted by molar-refractivity contribution is 6.17. The molecular formula is C13H19ClO2. The van der Waals surface area contributed by atoms with Crippen molar-refractivity contribution >= 4 is 17.6 Å². The molecule has 2 nitrogen and oxygen atoms in total. The molecule has 2 aliphatic rings. The molecule has 0 heterocycles. The van der Waals surface area contributed by atoms with Crippen molar-refractivity contribution in [1.29, 1.82) is 0 Å². The van der Waals surface area contributed by atoms with Gasteiger partial charge in [-0.05, 0) is 37.0 Å². The van der Waals surface area contributed by atoms with Crippen LogP contribution in [0.5, 0.6) is 0 Å². The number of carbonyl (C=O) groups is 1. The molecule has 4 atom stereocenters. The minimum atomic E-state index is -0.000998. The summed E-state index contributed by atoms with van der Waals surface area (Å²) >= 11 is 5.57. The van der Waals surface area contributed by atoms with E-state index >= 15 is 0 Å². The smallest absolute Gasteiger partial charge is 0.309 e. The minimum Gasteiger partial charge on any atom is -0.465 e. The van der Waals surface area contributed by atoms with Gasteiger partial charge in [0.15, 0.2) is 0 Å². The van der Waals surface area contributed by atoms with Crippen LogP contribution in [0.4, 0.5) is 0 Å². The molecule has 2 rings (SSSR count). The Morgan fingerprint density at radius 1 is 1.38 bits per heavy atom. The van der Waals surface area contributed by atoms with Gasteiger partial charge in [0, 0.05) is 5.88 Å². The third-order valence-corrected chi connectivity index (χ3v) is 4.16. The highest BCUT2D eigenvalue weighted by Gasteiger charge is 2.46. The number of rotatable bonds is 5. The molecule has 1 fully saturated rings. The number of fused-ring (bicyclic) bond motifs is 2. The first-order valence-electron chi connectivity index (χ1n) is 6.15. The highest BCUT2D eigenvalue weighted by atomic mass is 35.5. The lowest BCUT2D eigenvalue weighted by Crippen LogP contribution is -2.27. The zero-order valence-corrected chi connectivity index (χ0v) is 10.5. The predicted octanol–water partition coefficient (Wildman–Crippen LogP) is 3.01. The molecule has 3 heteroatoms. The summed E-state index contributed by atoms with van der Waals surface area (Å²) < 4.78 is 5.32. The topological polar surface area (TPSA) is 26.3 Å². The fraction of sp³-hybridized carbons (Fsp3) is 0.769. The van der Waals surface area contributed by atoms with Crippen LogP contribution in [-0.2, 0) is 9.53 Å². The van der Waals surface area contributed by atoms with Gasteiger partial charge in [0.1, 0.15) is 0 Å². The van der Waals surface area contributed by atoms with E-state index in [2.05, 4.69) is 19.1 Å². The maximum Gasteiger partial charge on any atom is 0.309 e. The van der Waals surface area contributed by atoms with E-state index in [-0.39, 0.29) is 11.9 Å². The molecule has 0 aromatic heterocycles. The monoisotopic (exact) mass is 242 g/mol. The molecule has 1 saturated carbocycles. The van der Waals surface area contributed by atoms with Crippen molar-refractivity contribution in [2.45, 2.75) is 26.2 Å². The normalized spacial score (nSPS) is 35.6. The number of carbonyl (C=O) groups excluding carboxylic acids is 1. The molecule has 16 heavy (non-hydrogen) atoms. The average molecular weight is 243 g/mol. The molecule has 0 unspecified atom stereocenters. The fourth-order valence-electron chi connectivity index (χ4n) is 2.92. The molecule has 0 aliphatic heterocycles. The van der Waals surface area contributed by atoms with Crippen molar-refractivity contribution in [3.05, 3.63) is 12.2 Å². The van der Waals surface area contributed by atoms with Crippen LogP contribution in [-0.4, -0.2) is 18.5 Å². The third kappa shape index (κ3) is 2.27. The number of esters is 1. The van der Waals surface area contributed by atoms with Crippen LogP contribution in [0, 0.1) is 23.7 Å². The molecule has 90 valence electrons. The molecule has 0 aromatic rings. The van der Waals surface area contributed by atoms with Crippen LogP contribution in [0.1, 0.15) is 26.2 Å². The van der Waals surface area contributed by atoms with Crippen molar-refractivity contribution in [3.63, 3.8) is 0 Å². The molecule has 0 radical (unpaired) electrons. The predicted molar refractivity (Wildman–Crippen MR) is 64.3 cm³/mol. The van der Waals surface area contributed by atoms with E-state index < -0.39 is 0 Å². The quantitative estimate of drug-likeness (QED) is 0.321. The summed E-state index contributed by atoms with van der Waals surface area (Å²) in [7, 11) is 0. The highest BCUT2D eigenvalue weighted by Crippen LogP contribution is 2.48. The number of unbranched alkanes of at least 4 members (excludes halogenated alkanes) is 1. The van der Waals surface area contributed by atoms with Gasteiger partial charge in [-0.15, -0.1) is 11.6 Å². The lowest BCUT2D eigenvalue weighted by molar-refractivity contribution is -0.151. The van der Waals surface area contributed by atoms with E-state index in [9.17, 15) is 4.79 Å². The van der Waals surface area contributed by atoms with Gasteiger partial charge in [-0.3, -0.25) is 4.79 Å². The van der Waals surface area contributed by atoms with Gasteiger partial charge < -0.3 is 4.74 Å². The lowest BCUT2D eigenvalue weighted by Gasteiger charge is -2.22. The summed E-state index contributed by atoms with van der Waals surface area (Å²) in [5, 5.41) is 0. The van der Waals surface area contributed by atoms with Crippen LogP contribution in [0.15, 0.2) is 12.2 Å². The summed E-state index contributed by atoms with van der Waals surface area (Å²) in [6.07, 6.45) is 7.38. The van der Waals surface area contributed by atoms with Crippen LogP contribution in [0.25, 0.3) is 0 Å². The van der Waals surface area contributed by atoms with Gasteiger partial charge in [0.05, 0.1) is 12.5 Å². The molecule has 0 N–H and O–H groups in total. The number of halogens is 1. The number of alkyl halides is 1. The average Bonchev–Trinajstić information content (AvgIpc) is 2.84. The Balaban J connectivity index is 1.79. The van der Waals surface area contributed by atoms with Crippen molar-refractivity contribution < 1.29 is 9.53 Å². The van der Waals surface area contributed by atoms with E-state index in [4.69, 9.17) is 16.3 Å². The summed E-state index contributed by atoms with van der Waals surface area (Å²) in [6, 6.07) is 0. The van der Waals surface area contributed by atoms with Crippen molar-refractivity contribution in [3.8, 4) is 0 Å². The SMILES string of the molecule is C[C@@H]1[C@@H](C(=O)OCCCCCl)[C@H]2C=C[C@@H]1C2. The number of hydrogen-bond donors (Lipinski definition) is 0. The van der Waals surface area contributed by atoms with Crippen LogP contribution in [0.2, 0.25) is 0 Å². The van der Waals surface area contributed by atoms with Gasteiger partial charge in [-0.25, -0.2) is 0 Å². The van der Waals surface area contributed by atoms with E-state index in [1.165, 1.54) is 0 Å². The standard InChI is InChI=1S/C13H19ClO2/c1-9-10-4-5-11(8-10)12(9)13(15)16-7-3-2-6-14/h4-5,9-12H,2-3,6-8H2,1H3/t9-,10+,11-,12+/m0/s1. The van der Waals surface area contributed by atoms with Crippen molar-refractivity contribution in [2.75, 3.05) is 12.5 Å². The van der Waals surface area contributed by atoms with Gasteiger partial charge in [-0.2, -0.15) is 0 Å². The van der Waals surface area contributed by atoms with Crippen LogP contribution >= 0.6 is 11.6 Å². The largest absolute Gasteiger partial charge is 0.465 e. The second kappa shape index (κ2) is 5.22. The fourth-order valence-corrected chi connectivity index (χ4v) is 3.11. The van der Waals surface area contributed by atoms with Gasteiger partial charge in [0.25, 0.3) is 0 Å². The first kappa shape index (κ1) is 12.0. The summed E-state index contributed by atoms with van der Waals surface area (Å²) in [4.78, 5) is 11.9. The zero-order valence-electron chi connectivity index (χ0n) is 9.69. The van der Waals surface area contributed by atoms with Crippen LogP contribution in [0.3, 0.4) is 0 Å². The number of hydrogen-bond acceptors (Lipinski definition) is 2. The maximum atomic E-state index is 11.9. The first-order valence-corrected chi connectivity index (χ1v) is 6.68. The van der Waals surface area contributed by atoms with Crippen molar-refractivity contribution in [2.24, 2.45) is 23.7 Å². The lowest BCUT2D eigenvalue weighted by atomic mass is 9.84. The number of ether oxygens (including phenoxy) is 1. The molecule has 0 amide bonds. The minimum absolute atomic E-state index is 0.000998. The van der Waals surface area contributed by atoms with E-state index in [1.807, 2.05) is 0 Å². The molecule has 0 saturated heterocycles. The Morgan fingerprint density at radius 2 is 2.12 bits per heavy atom. The summed E-state index contributed by atoms with van der Waals surface area (Å²) in [6.45, 7) is 2.69. The van der Waals surface area contributed by atoms with Crippen LogP contribution < -0.4 is 0 Å². The second-order valence-corrected chi connectivity index (χ2v) is 5.27. The second-order valence-electron chi connectivity index (χ2n) is 4.90. The van der Waals surface area contributed by atoms with E-state index in [0.29, 0.717) is 30.2 Å². The molecule has 2 aliphatic carbocycles. The summed E-state index contributed by atoms with van der Waals surface area (Å²) in [5.74, 6) is 2.23. The molecule has 2 bridgehead atoms. The zero-order chi connectivity index (χ0) is 11.5. The van der Waals surface area contributed by atoms with Gasteiger partial charge >= 0.3 is 5.97 Å². The van der Waals surface area contributed by atoms with Crippen molar-refractivity contribution in [1.82, 2.24) is 0 Å². The Kier molecular flexibility index (Phi) is 3.91. The number of allylic oxidation sites excluding steroid dienone is 2. The van der Waals surface area contributed by atoms with E-state index in [1.54, 1.807) is 0 Å². The van der Waals surface area contributed by atoms with Gasteiger partial charge in [0.2, 0.25) is 0 Å².